The van der Waals surface area contributed by atoms with E-state index in [4.69, 9.17) is 9.47 Å². The molecule has 1 fully saturated rings. The second-order valence-corrected chi connectivity index (χ2v) is 6.76. The van der Waals surface area contributed by atoms with Gasteiger partial charge >= 0.3 is 12.0 Å². The summed E-state index contributed by atoms with van der Waals surface area (Å²) in [4.78, 5) is 38.2. The number of urea groups is 1. The van der Waals surface area contributed by atoms with Crippen molar-refractivity contribution in [2.45, 2.75) is 33.6 Å². The van der Waals surface area contributed by atoms with E-state index >= 15 is 0 Å². The van der Waals surface area contributed by atoms with Crippen molar-refractivity contribution in [2.24, 2.45) is 5.92 Å². The van der Waals surface area contributed by atoms with E-state index < -0.39 is 5.97 Å². The Morgan fingerprint density at radius 1 is 1.22 bits per heavy atom. The molecule has 1 saturated heterocycles. The van der Waals surface area contributed by atoms with Crippen molar-refractivity contribution in [3.8, 4) is 5.75 Å². The maximum atomic E-state index is 12.9. The van der Waals surface area contributed by atoms with Gasteiger partial charge in [0.25, 0.3) is 0 Å². The van der Waals surface area contributed by atoms with Crippen molar-refractivity contribution in [2.75, 3.05) is 33.4 Å². The Bertz CT molecular complexity index is 693. The number of esters is 1. The number of likely N-dealkylation sites (tertiary alicyclic amines) is 1. The largest absolute Gasteiger partial charge is 0.496 e. The Morgan fingerprint density at radius 3 is 2.48 bits per heavy atom. The zero-order valence-electron chi connectivity index (χ0n) is 16.5. The van der Waals surface area contributed by atoms with E-state index in [9.17, 15) is 14.4 Å². The number of methoxy groups -OCH3 is 1. The summed E-state index contributed by atoms with van der Waals surface area (Å²) in [7, 11) is 1.62. The highest BCUT2D eigenvalue weighted by Crippen LogP contribution is 2.27. The van der Waals surface area contributed by atoms with Crippen molar-refractivity contribution in [3.63, 3.8) is 0 Å². The zero-order chi connectivity index (χ0) is 20.0. The number of amides is 2. The minimum atomic E-state index is -0.473. The standard InChI is InChI=1S/C20H28N2O5/c1-5-27-17(23)11-21-20(25)22-8-6-7-15(12-22)18(24)16-9-13(2)19(26-4)14(3)10-16/h9-10,15H,5-8,11-12H2,1-4H3,(H,21,25)/t15-/m0/s1. The molecule has 0 aliphatic carbocycles. The summed E-state index contributed by atoms with van der Waals surface area (Å²) in [5.74, 6) is 0.0980. The molecule has 1 aliphatic rings. The van der Waals surface area contributed by atoms with Gasteiger partial charge in [-0.05, 0) is 56.9 Å². The third-order valence-electron chi connectivity index (χ3n) is 4.72. The number of nitrogens with zero attached hydrogens (tertiary/aromatic N) is 1. The maximum absolute atomic E-state index is 12.9. The quantitative estimate of drug-likeness (QED) is 0.609. The van der Waals surface area contributed by atoms with Gasteiger partial charge in [-0.15, -0.1) is 0 Å². The van der Waals surface area contributed by atoms with Crippen molar-refractivity contribution < 1.29 is 23.9 Å². The second kappa shape index (κ2) is 9.39. The fourth-order valence-electron chi connectivity index (χ4n) is 3.50. The first-order valence-electron chi connectivity index (χ1n) is 9.25. The molecule has 148 valence electrons. The van der Waals surface area contributed by atoms with Gasteiger partial charge in [-0.25, -0.2) is 4.79 Å². The molecule has 1 atom stereocenters. The van der Waals surface area contributed by atoms with Gasteiger partial charge in [-0.1, -0.05) is 0 Å². The molecular weight excluding hydrogens is 348 g/mol. The van der Waals surface area contributed by atoms with Crippen LogP contribution in [0.5, 0.6) is 5.75 Å². The lowest BCUT2D eigenvalue weighted by molar-refractivity contribution is -0.141. The van der Waals surface area contributed by atoms with Crippen LogP contribution in [0.25, 0.3) is 0 Å². The van der Waals surface area contributed by atoms with Crippen LogP contribution in [0.2, 0.25) is 0 Å². The molecule has 1 heterocycles. The van der Waals surface area contributed by atoms with E-state index in [0.29, 0.717) is 18.7 Å². The molecule has 1 N–H and O–H groups in total. The van der Waals surface area contributed by atoms with E-state index in [0.717, 1.165) is 29.7 Å². The Labute approximate surface area is 160 Å². The van der Waals surface area contributed by atoms with Crippen molar-refractivity contribution in [3.05, 3.63) is 28.8 Å². The van der Waals surface area contributed by atoms with Crippen LogP contribution in [-0.4, -0.2) is 56.0 Å². The molecule has 7 nitrogen and oxygen atoms in total. The molecule has 27 heavy (non-hydrogen) atoms. The molecule has 0 bridgehead atoms. The number of hydrogen-bond acceptors (Lipinski definition) is 5. The topological polar surface area (TPSA) is 84.9 Å². The Kier molecular flexibility index (Phi) is 7.21. The number of hydrogen-bond donors (Lipinski definition) is 1. The average Bonchev–Trinajstić information content (AvgIpc) is 2.65. The average molecular weight is 376 g/mol. The normalized spacial score (nSPS) is 16.6. The monoisotopic (exact) mass is 376 g/mol. The van der Waals surface area contributed by atoms with Crippen LogP contribution in [0.1, 0.15) is 41.3 Å². The van der Waals surface area contributed by atoms with Crippen LogP contribution < -0.4 is 10.1 Å². The van der Waals surface area contributed by atoms with Crippen LogP contribution in [0.15, 0.2) is 12.1 Å². The van der Waals surface area contributed by atoms with Gasteiger partial charge in [-0.3, -0.25) is 9.59 Å². The number of rotatable bonds is 6. The predicted octanol–water partition coefficient (Wildman–Crippen LogP) is 2.48. The van der Waals surface area contributed by atoms with E-state index in [2.05, 4.69) is 5.32 Å². The van der Waals surface area contributed by atoms with E-state index in [1.165, 1.54) is 0 Å². The number of carbonyl (C=O) groups excluding carboxylic acids is 3. The maximum Gasteiger partial charge on any atom is 0.325 e. The summed E-state index contributed by atoms with van der Waals surface area (Å²) < 4.78 is 10.2. The van der Waals surface area contributed by atoms with Gasteiger partial charge in [0.15, 0.2) is 5.78 Å². The summed E-state index contributed by atoms with van der Waals surface area (Å²) >= 11 is 0. The van der Waals surface area contributed by atoms with Gasteiger partial charge in [-0.2, -0.15) is 0 Å². The number of ketones is 1. The number of piperidine rings is 1. The number of ether oxygens (including phenoxy) is 2. The van der Waals surface area contributed by atoms with Crippen LogP contribution in [0.3, 0.4) is 0 Å². The molecule has 7 heteroatoms. The van der Waals surface area contributed by atoms with Gasteiger partial charge in [0.1, 0.15) is 12.3 Å². The van der Waals surface area contributed by atoms with E-state index in [1.807, 2.05) is 26.0 Å². The Hall–Kier alpha value is -2.57. The minimum absolute atomic E-state index is 0.0340. The molecular formula is C20H28N2O5. The number of nitrogens with one attached hydrogen (secondary N) is 1. The molecule has 0 radical (unpaired) electrons. The van der Waals surface area contributed by atoms with Gasteiger partial charge in [0.05, 0.1) is 13.7 Å². The minimum Gasteiger partial charge on any atom is -0.496 e. The van der Waals surface area contributed by atoms with Crippen molar-refractivity contribution in [1.29, 1.82) is 0 Å². The lowest BCUT2D eigenvalue weighted by Gasteiger charge is -2.32. The van der Waals surface area contributed by atoms with Gasteiger partial charge in [0.2, 0.25) is 0 Å². The summed E-state index contributed by atoms with van der Waals surface area (Å²) in [5, 5.41) is 2.55. The van der Waals surface area contributed by atoms with E-state index in [1.54, 1.807) is 18.9 Å². The number of benzene rings is 1. The fraction of sp³-hybridized carbons (Fsp3) is 0.550. The SMILES string of the molecule is CCOC(=O)CNC(=O)N1CCC[C@H](C(=O)c2cc(C)c(OC)c(C)c2)C1. The lowest BCUT2D eigenvalue weighted by Crippen LogP contribution is -2.48. The zero-order valence-corrected chi connectivity index (χ0v) is 16.5. The Morgan fingerprint density at radius 2 is 1.89 bits per heavy atom. The lowest BCUT2D eigenvalue weighted by atomic mass is 9.89. The molecule has 2 amide bonds. The van der Waals surface area contributed by atoms with Crippen LogP contribution >= 0.6 is 0 Å². The highest BCUT2D eigenvalue weighted by Gasteiger charge is 2.29. The first-order valence-corrected chi connectivity index (χ1v) is 9.25. The fourth-order valence-corrected chi connectivity index (χ4v) is 3.50. The van der Waals surface area contributed by atoms with Crippen molar-refractivity contribution >= 4 is 17.8 Å². The summed E-state index contributed by atoms with van der Waals surface area (Å²) in [6, 6.07) is 3.34. The molecule has 1 aromatic carbocycles. The first-order chi connectivity index (χ1) is 12.9. The molecule has 0 saturated carbocycles. The molecule has 1 aromatic rings. The summed E-state index contributed by atoms with van der Waals surface area (Å²) in [6.45, 7) is 6.56. The van der Waals surface area contributed by atoms with Crippen molar-refractivity contribution in [1.82, 2.24) is 10.2 Å². The number of Topliss-reactive ketones (excluding diaryl/α,β-unsaturated/α-hetero) is 1. The Balaban J connectivity index is 2.02. The smallest absolute Gasteiger partial charge is 0.325 e. The third kappa shape index (κ3) is 5.21. The molecule has 1 aliphatic heterocycles. The number of carbonyl (C=O) groups is 3. The molecule has 2 rings (SSSR count). The highest BCUT2D eigenvalue weighted by molar-refractivity contribution is 5.99. The van der Waals surface area contributed by atoms with Crippen LogP contribution in [0.4, 0.5) is 4.79 Å². The molecule has 0 unspecified atom stereocenters. The predicted molar refractivity (Wildman–Crippen MR) is 101 cm³/mol. The first kappa shape index (κ1) is 20.7. The number of aryl methyl sites for hydroxylation is 2. The second-order valence-electron chi connectivity index (χ2n) is 6.76. The van der Waals surface area contributed by atoms with Gasteiger partial charge < -0.3 is 19.7 Å². The van der Waals surface area contributed by atoms with Gasteiger partial charge in [0, 0.05) is 24.6 Å². The highest BCUT2D eigenvalue weighted by atomic mass is 16.5. The van der Waals surface area contributed by atoms with Crippen LogP contribution in [-0.2, 0) is 9.53 Å². The van der Waals surface area contributed by atoms with Crippen LogP contribution in [0, 0.1) is 19.8 Å². The summed E-state index contributed by atoms with van der Waals surface area (Å²) in [5.41, 5.74) is 2.48. The summed E-state index contributed by atoms with van der Waals surface area (Å²) in [6.07, 6.45) is 1.49. The third-order valence-corrected chi connectivity index (χ3v) is 4.72. The van der Waals surface area contributed by atoms with E-state index in [-0.39, 0.29) is 30.9 Å². The molecule has 0 spiro atoms. The molecule has 0 aromatic heterocycles.